The standard InChI is InChI=1S/C25H25N5O4/c1-15-6-3-4-8-19(15)21-13-23(31)34-22-12-18(9-10-20(21)22)33-16(2)25(32)30-11-5-7-17(14-30)24-26-28-29-27-24/h3-4,6,8-10,12-13,16-17H,5,7,11,14H2,1-2H3,(H,26,27,28,29). The molecule has 2 aromatic heterocycles. The number of benzene rings is 2. The maximum atomic E-state index is 13.1. The van der Waals surface area contributed by atoms with Gasteiger partial charge in [-0.25, -0.2) is 4.79 Å². The number of nitrogens with one attached hydrogen (secondary N) is 1. The van der Waals surface area contributed by atoms with E-state index in [2.05, 4.69) is 20.6 Å². The number of hydrogen-bond acceptors (Lipinski definition) is 7. The fraction of sp³-hybridized carbons (Fsp3) is 0.320. The number of rotatable bonds is 5. The predicted octanol–water partition coefficient (Wildman–Crippen LogP) is 3.46. The van der Waals surface area contributed by atoms with E-state index >= 15 is 0 Å². The van der Waals surface area contributed by atoms with Crippen molar-refractivity contribution in [2.45, 2.75) is 38.7 Å². The Morgan fingerprint density at radius 1 is 1.21 bits per heavy atom. The number of carbonyl (C=O) groups is 1. The number of aromatic amines is 1. The number of aromatic nitrogens is 4. The van der Waals surface area contributed by atoms with Crippen molar-refractivity contribution in [1.29, 1.82) is 0 Å². The van der Waals surface area contributed by atoms with Crippen molar-refractivity contribution in [3.63, 3.8) is 0 Å². The molecule has 1 N–H and O–H groups in total. The van der Waals surface area contributed by atoms with E-state index in [-0.39, 0.29) is 11.8 Å². The molecule has 5 rings (SSSR count). The number of likely N-dealkylation sites (tertiary alicyclic amines) is 1. The zero-order valence-corrected chi connectivity index (χ0v) is 19.0. The third kappa shape index (κ3) is 4.28. The minimum absolute atomic E-state index is 0.0541. The summed E-state index contributed by atoms with van der Waals surface area (Å²) in [5.41, 5.74) is 2.82. The molecule has 1 aliphatic rings. The van der Waals surface area contributed by atoms with Crippen molar-refractivity contribution in [1.82, 2.24) is 25.5 Å². The van der Waals surface area contributed by atoms with Gasteiger partial charge in [0.25, 0.3) is 5.91 Å². The molecule has 1 saturated heterocycles. The van der Waals surface area contributed by atoms with E-state index in [9.17, 15) is 9.59 Å². The van der Waals surface area contributed by atoms with Crippen LogP contribution in [0.5, 0.6) is 5.75 Å². The SMILES string of the molecule is Cc1ccccc1-c1cc(=O)oc2cc(OC(C)C(=O)N3CCCC(c4nn[nH]n4)C3)ccc12. The molecule has 2 atom stereocenters. The molecule has 0 radical (unpaired) electrons. The largest absolute Gasteiger partial charge is 0.481 e. The molecule has 4 aromatic rings. The molecule has 9 heteroatoms. The molecule has 0 bridgehead atoms. The molecular formula is C25H25N5O4. The first-order chi connectivity index (χ1) is 16.5. The highest BCUT2D eigenvalue weighted by molar-refractivity contribution is 5.94. The fourth-order valence-electron chi connectivity index (χ4n) is 4.56. The molecule has 3 heterocycles. The Labute approximate surface area is 195 Å². The van der Waals surface area contributed by atoms with E-state index in [0.29, 0.717) is 30.2 Å². The molecule has 0 spiro atoms. The van der Waals surface area contributed by atoms with Crippen molar-refractivity contribution in [2.75, 3.05) is 13.1 Å². The number of ether oxygens (including phenoxy) is 1. The summed E-state index contributed by atoms with van der Waals surface area (Å²) in [7, 11) is 0. The lowest BCUT2D eigenvalue weighted by Gasteiger charge is -2.33. The minimum atomic E-state index is -0.701. The number of piperidine rings is 1. The summed E-state index contributed by atoms with van der Waals surface area (Å²) in [6.45, 7) is 4.92. The first-order valence-corrected chi connectivity index (χ1v) is 11.3. The molecule has 9 nitrogen and oxygen atoms in total. The first kappa shape index (κ1) is 21.8. The van der Waals surface area contributed by atoms with Crippen LogP contribution in [0, 0.1) is 6.92 Å². The number of tetrazole rings is 1. The third-order valence-electron chi connectivity index (χ3n) is 6.27. The van der Waals surface area contributed by atoms with Crippen LogP contribution in [0.2, 0.25) is 0 Å². The summed E-state index contributed by atoms with van der Waals surface area (Å²) in [6.07, 6.45) is 1.07. The average Bonchev–Trinajstić information content (AvgIpc) is 3.38. The summed E-state index contributed by atoms with van der Waals surface area (Å²) in [4.78, 5) is 27.1. The average molecular weight is 460 g/mol. The van der Waals surface area contributed by atoms with Gasteiger partial charge in [-0.3, -0.25) is 4.79 Å². The smallest absolute Gasteiger partial charge is 0.336 e. The van der Waals surface area contributed by atoms with Crippen molar-refractivity contribution in [2.24, 2.45) is 0 Å². The number of carbonyl (C=O) groups excluding carboxylic acids is 1. The van der Waals surface area contributed by atoms with Gasteiger partial charge < -0.3 is 14.1 Å². The van der Waals surface area contributed by atoms with Gasteiger partial charge in [-0.05, 0) is 49.9 Å². The van der Waals surface area contributed by atoms with Crippen LogP contribution in [0.15, 0.2) is 57.7 Å². The van der Waals surface area contributed by atoms with Crippen LogP contribution in [0.25, 0.3) is 22.1 Å². The summed E-state index contributed by atoms with van der Waals surface area (Å²) in [5, 5.41) is 15.0. The highest BCUT2D eigenvalue weighted by Crippen LogP contribution is 2.32. The zero-order chi connectivity index (χ0) is 23.7. The van der Waals surface area contributed by atoms with Crippen LogP contribution in [0.1, 0.15) is 37.1 Å². The lowest BCUT2D eigenvalue weighted by atomic mass is 9.97. The molecular weight excluding hydrogens is 434 g/mol. The predicted molar refractivity (Wildman–Crippen MR) is 125 cm³/mol. The summed E-state index contributed by atoms with van der Waals surface area (Å²) >= 11 is 0. The van der Waals surface area contributed by atoms with E-state index in [0.717, 1.165) is 34.9 Å². The van der Waals surface area contributed by atoms with Crippen LogP contribution < -0.4 is 10.4 Å². The summed E-state index contributed by atoms with van der Waals surface area (Å²) in [5.74, 6) is 1.03. The number of aryl methyl sites for hydroxylation is 1. The van der Waals surface area contributed by atoms with Crippen LogP contribution in [-0.4, -0.2) is 50.6 Å². The number of H-pyrrole nitrogens is 1. The molecule has 2 aromatic carbocycles. The Kier molecular flexibility index (Phi) is 5.83. The second-order valence-corrected chi connectivity index (χ2v) is 8.61. The van der Waals surface area contributed by atoms with E-state index < -0.39 is 11.7 Å². The van der Waals surface area contributed by atoms with Crippen molar-refractivity contribution >= 4 is 16.9 Å². The van der Waals surface area contributed by atoms with Crippen LogP contribution >= 0.6 is 0 Å². The van der Waals surface area contributed by atoms with Crippen LogP contribution in [-0.2, 0) is 4.79 Å². The van der Waals surface area contributed by atoms with E-state index in [1.54, 1.807) is 24.0 Å². The molecule has 34 heavy (non-hydrogen) atoms. The highest BCUT2D eigenvalue weighted by atomic mass is 16.5. The minimum Gasteiger partial charge on any atom is -0.481 e. The number of fused-ring (bicyclic) bond motifs is 1. The fourth-order valence-corrected chi connectivity index (χ4v) is 4.56. The van der Waals surface area contributed by atoms with Gasteiger partial charge in [-0.2, -0.15) is 5.21 Å². The van der Waals surface area contributed by atoms with Gasteiger partial charge in [-0.1, -0.05) is 29.5 Å². The van der Waals surface area contributed by atoms with E-state index in [1.165, 1.54) is 6.07 Å². The van der Waals surface area contributed by atoms with Gasteiger partial charge in [0.15, 0.2) is 11.9 Å². The van der Waals surface area contributed by atoms with Gasteiger partial charge in [0.1, 0.15) is 11.3 Å². The summed E-state index contributed by atoms with van der Waals surface area (Å²) < 4.78 is 11.4. The topological polar surface area (TPSA) is 114 Å². The van der Waals surface area contributed by atoms with Crippen molar-refractivity contribution in [3.05, 3.63) is 70.3 Å². The lowest BCUT2D eigenvalue weighted by Crippen LogP contribution is -2.45. The first-order valence-electron chi connectivity index (χ1n) is 11.3. The third-order valence-corrected chi connectivity index (χ3v) is 6.27. The Bertz CT molecular complexity index is 1380. The van der Waals surface area contributed by atoms with Gasteiger partial charge >= 0.3 is 5.63 Å². The van der Waals surface area contributed by atoms with Crippen LogP contribution in [0.4, 0.5) is 0 Å². The molecule has 0 aliphatic carbocycles. The van der Waals surface area contributed by atoms with Gasteiger partial charge in [0, 0.05) is 42.1 Å². The lowest BCUT2D eigenvalue weighted by molar-refractivity contribution is -0.139. The molecule has 1 fully saturated rings. The second kappa shape index (κ2) is 9.09. The zero-order valence-electron chi connectivity index (χ0n) is 19.0. The van der Waals surface area contributed by atoms with Crippen molar-refractivity contribution < 1.29 is 13.9 Å². The maximum absolute atomic E-state index is 13.1. The van der Waals surface area contributed by atoms with Crippen molar-refractivity contribution in [3.8, 4) is 16.9 Å². The molecule has 1 amide bonds. The second-order valence-electron chi connectivity index (χ2n) is 8.61. The summed E-state index contributed by atoms with van der Waals surface area (Å²) in [6, 6.07) is 14.7. The number of amides is 1. The maximum Gasteiger partial charge on any atom is 0.336 e. The quantitative estimate of drug-likeness (QED) is 0.455. The van der Waals surface area contributed by atoms with Gasteiger partial charge in [0.2, 0.25) is 0 Å². The van der Waals surface area contributed by atoms with Gasteiger partial charge in [-0.15, -0.1) is 10.2 Å². The molecule has 0 saturated carbocycles. The Balaban J connectivity index is 1.36. The number of nitrogens with zero attached hydrogens (tertiary/aromatic N) is 4. The Morgan fingerprint density at radius 2 is 2.06 bits per heavy atom. The van der Waals surface area contributed by atoms with Crippen LogP contribution in [0.3, 0.4) is 0 Å². The molecule has 1 aliphatic heterocycles. The molecule has 174 valence electrons. The highest BCUT2D eigenvalue weighted by Gasteiger charge is 2.30. The number of hydrogen-bond donors (Lipinski definition) is 1. The Hall–Kier alpha value is -4.01. The monoisotopic (exact) mass is 459 g/mol. The molecule has 2 unspecified atom stereocenters. The van der Waals surface area contributed by atoms with Gasteiger partial charge in [0.05, 0.1) is 0 Å². The van der Waals surface area contributed by atoms with E-state index in [4.69, 9.17) is 9.15 Å². The normalized spacial score (nSPS) is 17.0. The van der Waals surface area contributed by atoms with E-state index in [1.807, 2.05) is 37.3 Å². The Morgan fingerprint density at radius 3 is 2.85 bits per heavy atom.